The molecule has 0 spiro atoms. The predicted molar refractivity (Wildman–Crippen MR) is 51.4 cm³/mol. The van der Waals surface area contributed by atoms with Crippen molar-refractivity contribution in [3.63, 3.8) is 0 Å². The molecule has 0 aliphatic heterocycles. The van der Waals surface area contributed by atoms with Crippen LogP contribution in [-0.4, -0.2) is 17.0 Å². The predicted octanol–water partition coefficient (Wildman–Crippen LogP) is 1.85. The zero-order valence-electron chi connectivity index (χ0n) is 8.34. The fourth-order valence-electron chi connectivity index (χ4n) is 1.34. The van der Waals surface area contributed by atoms with E-state index in [9.17, 15) is 18.7 Å². The minimum Gasteiger partial charge on any atom is -0.389 e. The van der Waals surface area contributed by atoms with Gasteiger partial charge >= 0.3 is 0 Å². The normalized spacial score (nSPS) is 14.7. The number of hydrogen-bond donors (Lipinski definition) is 1. The van der Waals surface area contributed by atoms with Gasteiger partial charge in [-0.3, -0.25) is 0 Å². The molecule has 1 aromatic carbocycles. The topological polar surface area (TPSA) is 37.3 Å². The summed E-state index contributed by atoms with van der Waals surface area (Å²) in [7, 11) is 0. The molecule has 0 amide bonds. The number of hydrogen-bond acceptors (Lipinski definition) is 2. The fraction of sp³-hybridized carbons (Fsp3) is 0.364. The number of aliphatic hydroxyl groups is 1. The zero-order valence-corrected chi connectivity index (χ0v) is 8.34. The van der Waals surface area contributed by atoms with Crippen molar-refractivity contribution in [2.75, 3.05) is 0 Å². The van der Waals surface area contributed by atoms with E-state index in [4.69, 9.17) is 0 Å². The van der Waals surface area contributed by atoms with Gasteiger partial charge in [-0.25, -0.2) is 8.78 Å². The van der Waals surface area contributed by atoms with Gasteiger partial charge in [-0.1, -0.05) is 0 Å². The van der Waals surface area contributed by atoms with Gasteiger partial charge < -0.3 is 9.90 Å². The van der Waals surface area contributed by atoms with Gasteiger partial charge in [0.15, 0.2) is 0 Å². The summed E-state index contributed by atoms with van der Waals surface area (Å²) >= 11 is 0. The molecule has 0 bridgehead atoms. The first kappa shape index (κ1) is 11.8. The Bertz CT molecular complexity index is 362. The summed E-state index contributed by atoms with van der Waals surface area (Å²) in [6.07, 6.45) is 0.357. The molecule has 2 nitrogen and oxygen atoms in total. The number of halogens is 2. The van der Waals surface area contributed by atoms with Crippen LogP contribution in [0.25, 0.3) is 0 Å². The lowest BCUT2D eigenvalue weighted by atomic mass is 9.93. The van der Waals surface area contributed by atoms with Crippen LogP contribution >= 0.6 is 0 Å². The van der Waals surface area contributed by atoms with Crippen molar-refractivity contribution in [3.05, 3.63) is 35.4 Å². The summed E-state index contributed by atoms with van der Waals surface area (Å²) < 4.78 is 26.0. The summed E-state index contributed by atoms with van der Waals surface area (Å²) in [6, 6.07) is 3.03. The third-order valence-corrected chi connectivity index (χ3v) is 2.10. The molecule has 0 saturated heterocycles. The highest BCUT2D eigenvalue weighted by Gasteiger charge is 2.22. The maximum atomic E-state index is 13.2. The molecule has 4 heteroatoms. The molecule has 1 atom stereocenters. The lowest BCUT2D eigenvalue weighted by Gasteiger charge is -2.20. The molecule has 1 rings (SSSR count). The van der Waals surface area contributed by atoms with Crippen molar-refractivity contribution in [2.24, 2.45) is 0 Å². The van der Waals surface area contributed by atoms with E-state index in [-0.39, 0.29) is 18.4 Å². The van der Waals surface area contributed by atoms with E-state index < -0.39 is 17.2 Å². The Morgan fingerprint density at radius 3 is 2.73 bits per heavy atom. The van der Waals surface area contributed by atoms with Crippen LogP contribution in [0, 0.1) is 11.6 Å². The second-order valence-electron chi connectivity index (χ2n) is 3.78. The molecule has 0 aliphatic rings. The average Bonchev–Trinajstić information content (AvgIpc) is 2.10. The molecule has 0 heterocycles. The fourth-order valence-corrected chi connectivity index (χ4v) is 1.34. The molecular weight excluding hydrogens is 202 g/mol. The van der Waals surface area contributed by atoms with Gasteiger partial charge in [0.25, 0.3) is 0 Å². The average molecular weight is 214 g/mol. The summed E-state index contributed by atoms with van der Waals surface area (Å²) in [5.41, 5.74) is -1.27. The molecule has 15 heavy (non-hydrogen) atoms. The zero-order chi connectivity index (χ0) is 11.5. The van der Waals surface area contributed by atoms with Gasteiger partial charge in [0.2, 0.25) is 0 Å². The van der Waals surface area contributed by atoms with Crippen LogP contribution in [0.3, 0.4) is 0 Å². The van der Waals surface area contributed by atoms with E-state index in [0.717, 1.165) is 18.2 Å². The summed E-state index contributed by atoms with van der Waals surface area (Å²) in [5.74, 6) is -1.14. The molecular formula is C11H12F2O2. The summed E-state index contributed by atoms with van der Waals surface area (Å²) in [6.45, 7) is 1.41. The Balaban J connectivity index is 2.88. The number of benzene rings is 1. The molecule has 0 radical (unpaired) electrons. The minimum absolute atomic E-state index is 0.0712. The van der Waals surface area contributed by atoms with E-state index >= 15 is 0 Å². The lowest BCUT2D eigenvalue weighted by molar-refractivity contribution is -0.111. The van der Waals surface area contributed by atoms with Crippen molar-refractivity contribution >= 4 is 6.29 Å². The van der Waals surface area contributed by atoms with E-state index in [1.54, 1.807) is 0 Å². The molecule has 82 valence electrons. The van der Waals surface area contributed by atoms with E-state index in [0.29, 0.717) is 6.29 Å². The quantitative estimate of drug-likeness (QED) is 0.776. The highest BCUT2D eigenvalue weighted by atomic mass is 19.1. The Morgan fingerprint density at radius 2 is 2.13 bits per heavy atom. The number of rotatable bonds is 4. The highest BCUT2D eigenvalue weighted by Crippen LogP contribution is 2.19. The van der Waals surface area contributed by atoms with Gasteiger partial charge in [0.05, 0.1) is 5.60 Å². The van der Waals surface area contributed by atoms with Crippen LogP contribution < -0.4 is 0 Å². The lowest BCUT2D eigenvalue weighted by Crippen LogP contribution is -2.28. The standard InChI is InChI=1S/C11H12F2O2/c1-11(15,4-5-14)7-8-6-9(12)2-3-10(8)13/h2-3,5-6,15H,4,7H2,1H3. The van der Waals surface area contributed by atoms with E-state index in [1.165, 1.54) is 6.92 Å². The Hall–Kier alpha value is -1.29. The monoisotopic (exact) mass is 214 g/mol. The number of aldehydes is 1. The van der Waals surface area contributed by atoms with Crippen molar-refractivity contribution in [1.29, 1.82) is 0 Å². The SMILES string of the molecule is CC(O)(CC=O)Cc1cc(F)ccc1F. The van der Waals surface area contributed by atoms with Gasteiger partial charge in [0, 0.05) is 12.8 Å². The molecule has 0 aliphatic carbocycles. The largest absolute Gasteiger partial charge is 0.389 e. The Labute approximate surface area is 86.5 Å². The van der Waals surface area contributed by atoms with Crippen LogP contribution in [0.4, 0.5) is 8.78 Å². The first-order valence-electron chi connectivity index (χ1n) is 4.54. The third-order valence-electron chi connectivity index (χ3n) is 2.10. The van der Waals surface area contributed by atoms with Crippen molar-refractivity contribution in [2.45, 2.75) is 25.4 Å². The first-order valence-corrected chi connectivity index (χ1v) is 4.54. The van der Waals surface area contributed by atoms with E-state index in [2.05, 4.69) is 0 Å². The molecule has 1 unspecified atom stereocenters. The molecule has 0 fully saturated rings. The minimum atomic E-state index is -1.34. The van der Waals surface area contributed by atoms with Crippen molar-refractivity contribution in [3.8, 4) is 0 Å². The molecule has 0 aromatic heterocycles. The van der Waals surface area contributed by atoms with Crippen molar-refractivity contribution in [1.82, 2.24) is 0 Å². The third kappa shape index (κ3) is 3.40. The van der Waals surface area contributed by atoms with Crippen LogP contribution in [-0.2, 0) is 11.2 Å². The van der Waals surface area contributed by atoms with Crippen LogP contribution in [0.2, 0.25) is 0 Å². The van der Waals surface area contributed by atoms with Gasteiger partial charge in [-0.05, 0) is 30.7 Å². The van der Waals surface area contributed by atoms with Gasteiger partial charge in [0.1, 0.15) is 17.9 Å². The number of carbonyl (C=O) groups is 1. The molecule has 1 N–H and O–H groups in total. The maximum absolute atomic E-state index is 13.2. The second kappa shape index (κ2) is 4.49. The smallest absolute Gasteiger partial charge is 0.126 e. The first-order chi connectivity index (χ1) is 6.94. The van der Waals surface area contributed by atoms with Gasteiger partial charge in [-0.15, -0.1) is 0 Å². The molecule has 0 saturated carbocycles. The Morgan fingerprint density at radius 1 is 1.47 bits per heavy atom. The number of carbonyl (C=O) groups excluding carboxylic acids is 1. The maximum Gasteiger partial charge on any atom is 0.126 e. The Kier molecular flexibility index (Phi) is 3.52. The summed E-state index contributed by atoms with van der Waals surface area (Å²) in [4.78, 5) is 10.2. The van der Waals surface area contributed by atoms with Crippen LogP contribution in [0.5, 0.6) is 0 Å². The summed E-state index contributed by atoms with van der Waals surface area (Å²) in [5, 5.41) is 9.66. The van der Waals surface area contributed by atoms with Crippen LogP contribution in [0.15, 0.2) is 18.2 Å². The van der Waals surface area contributed by atoms with E-state index in [1.807, 2.05) is 0 Å². The second-order valence-corrected chi connectivity index (χ2v) is 3.78. The molecule has 1 aromatic rings. The van der Waals surface area contributed by atoms with Crippen molar-refractivity contribution < 1.29 is 18.7 Å². The van der Waals surface area contributed by atoms with Gasteiger partial charge in [-0.2, -0.15) is 0 Å². The highest BCUT2D eigenvalue weighted by molar-refractivity contribution is 5.51. The van der Waals surface area contributed by atoms with Crippen LogP contribution in [0.1, 0.15) is 18.9 Å².